The molecule has 0 spiro atoms. The molecule has 112 valence electrons. The third-order valence-electron chi connectivity index (χ3n) is 3.18. The molecule has 0 saturated heterocycles. The quantitative estimate of drug-likeness (QED) is 0.858. The van der Waals surface area contributed by atoms with E-state index in [4.69, 9.17) is 5.11 Å². The van der Waals surface area contributed by atoms with E-state index in [9.17, 15) is 8.42 Å². The monoisotopic (exact) mass is 305 g/mol. The molecule has 21 heavy (non-hydrogen) atoms. The van der Waals surface area contributed by atoms with Crippen molar-refractivity contribution in [3.63, 3.8) is 0 Å². The summed E-state index contributed by atoms with van der Waals surface area (Å²) in [5, 5.41) is 8.85. The van der Waals surface area contributed by atoms with Crippen molar-refractivity contribution >= 4 is 10.0 Å². The Kier molecular flexibility index (Phi) is 5.12. The summed E-state index contributed by atoms with van der Waals surface area (Å²) in [6.07, 6.45) is 0.525. The van der Waals surface area contributed by atoms with Gasteiger partial charge in [-0.2, -0.15) is 0 Å². The van der Waals surface area contributed by atoms with Crippen LogP contribution in [-0.4, -0.2) is 20.1 Å². The lowest BCUT2D eigenvalue weighted by molar-refractivity contribution is 0.299. The van der Waals surface area contributed by atoms with Crippen molar-refractivity contribution in [1.29, 1.82) is 0 Å². The van der Waals surface area contributed by atoms with Crippen LogP contribution in [0.5, 0.6) is 0 Å². The molecular formula is C16H19NO3S. The third kappa shape index (κ3) is 4.39. The Bertz CT molecular complexity index is 694. The van der Waals surface area contributed by atoms with Gasteiger partial charge in [0.1, 0.15) is 0 Å². The van der Waals surface area contributed by atoms with Crippen LogP contribution in [0.4, 0.5) is 0 Å². The van der Waals surface area contributed by atoms with Gasteiger partial charge in [-0.3, -0.25) is 0 Å². The zero-order chi connectivity index (χ0) is 15.3. The lowest BCUT2D eigenvalue weighted by Crippen LogP contribution is -2.23. The Morgan fingerprint density at radius 3 is 2.38 bits per heavy atom. The second kappa shape index (κ2) is 6.85. The molecule has 2 aromatic rings. The van der Waals surface area contributed by atoms with E-state index < -0.39 is 10.0 Å². The zero-order valence-corrected chi connectivity index (χ0v) is 12.7. The van der Waals surface area contributed by atoms with E-state index in [2.05, 4.69) is 4.72 Å². The summed E-state index contributed by atoms with van der Waals surface area (Å²) in [4.78, 5) is 0.233. The summed E-state index contributed by atoms with van der Waals surface area (Å²) in [5.74, 6) is 0. The van der Waals surface area contributed by atoms with Crippen LogP contribution in [0.15, 0.2) is 53.4 Å². The fraction of sp³-hybridized carbons (Fsp3) is 0.250. The Morgan fingerprint density at radius 2 is 1.76 bits per heavy atom. The fourth-order valence-electron chi connectivity index (χ4n) is 2.05. The van der Waals surface area contributed by atoms with Crippen molar-refractivity contribution in [2.45, 2.75) is 24.8 Å². The first-order chi connectivity index (χ1) is 10.0. The number of aliphatic hydroxyl groups is 1. The Balaban J connectivity index is 2.07. The lowest BCUT2D eigenvalue weighted by atomic mass is 10.1. The van der Waals surface area contributed by atoms with Gasteiger partial charge >= 0.3 is 0 Å². The van der Waals surface area contributed by atoms with E-state index in [1.165, 1.54) is 0 Å². The largest absolute Gasteiger partial charge is 0.396 e. The summed E-state index contributed by atoms with van der Waals surface area (Å²) < 4.78 is 27.0. The number of aryl methyl sites for hydroxylation is 1. The molecule has 0 bridgehead atoms. The molecule has 4 nitrogen and oxygen atoms in total. The molecule has 0 fully saturated rings. The standard InChI is InChI=1S/C16H19NO3S/c1-13-3-2-4-15(11-13)12-17-21(19,20)16-7-5-14(6-8-16)9-10-18/h2-8,11,17-18H,9-10,12H2,1H3. The highest BCUT2D eigenvalue weighted by Crippen LogP contribution is 2.12. The second-order valence-corrected chi connectivity index (χ2v) is 6.70. The molecule has 0 aliphatic carbocycles. The normalized spacial score (nSPS) is 11.5. The van der Waals surface area contributed by atoms with Crippen LogP contribution in [0.1, 0.15) is 16.7 Å². The predicted molar refractivity (Wildman–Crippen MR) is 82.4 cm³/mol. The van der Waals surface area contributed by atoms with Gasteiger partial charge in [0.05, 0.1) is 4.90 Å². The van der Waals surface area contributed by atoms with Gasteiger partial charge < -0.3 is 5.11 Å². The van der Waals surface area contributed by atoms with Gasteiger partial charge in [0, 0.05) is 13.2 Å². The number of benzene rings is 2. The number of sulfonamides is 1. The Labute approximate surface area is 125 Å². The van der Waals surface area contributed by atoms with Crippen molar-refractivity contribution in [1.82, 2.24) is 4.72 Å². The van der Waals surface area contributed by atoms with Crippen LogP contribution in [0.3, 0.4) is 0 Å². The van der Waals surface area contributed by atoms with E-state index in [0.29, 0.717) is 6.42 Å². The lowest BCUT2D eigenvalue weighted by Gasteiger charge is -2.08. The third-order valence-corrected chi connectivity index (χ3v) is 4.60. The van der Waals surface area contributed by atoms with Gasteiger partial charge in [0.2, 0.25) is 10.0 Å². The van der Waals surface area contributed by atoms with E-state index >= 15 is 0 Å². The SMILES string of the molecule is Cc1cccc(CNS(=O)(=O)c2ccc(CCO)cc2)c1. The number of rotatable bonds is 6. The van der Waals surface area contributed by atoms with Crippen LogP contribution in [0.2, 0.25) is 0 Å². The average molecular weight is 305 g/mol. The summed E-state index contributed by atoms with van der Waals surface area (Å²) in [5.41, 5.74) is 2.94. The first kappa shape index (κ1) is 15.7. The van der Waals surface area contributed by atoms with Crippen molar-refractivity contribution < 1.29 is 13.5 Å². The molecule has 0 aliphatic heterocycles. The summed E-state index contributed by atoms with van der Waals surface area (Å²) in [6, 6.07) is 14.3. The molecule has 0 atom stereocenters. The highest BCUT2D eigenvalue weighted by molar-refractivity contribution is 7.89. The molecule has 2 aromatic carbocycles. The molecule has 0 heterocycles. The van der Waals surface area contributed by atoms with Crippen LogP contribution < -0.4 is 4.72 Å². The maximum atomic E-state index is 12.2. The summed E-state index contributed by atoms with van der Waals surface area (Å²) >= 11 is 0. The molecule has 2 N–H and O–H groups in total. The maximum Gasteiger partial charge on any atom is 0.240 e. The van der Waals surface area contributed by atoms with E-state index in [1.54, 1.807) is 24.3 Å². The minimum absolute atomic E-state index is 0.0533. The van der Waals surface area contributed by atoms with Crippen molar-refractivity contribution in [3.8, 4) is 0 Å². The Morgan fingerprint density at radius 1 is 1.05 bits per heavy atom. The van der Waals surface area contributed by atoms with Crippen LogP contribution in [0, 0.1) is 6.92 Å². The number of hydrogen-bond donors (Lipinski definition) is 2. The maximum absolute atomic E-state index is 12.2. The minimum Gasteiger partial charge on any atom is -0.396 e. The molecule has 0 unspecified atom stereocenters. The minimum atomic E-state index is -3.52. The van der Waals surface area contributed by atoms with Crippen molar-refractivity contribution in [3.05, 3.63) is 65.2 Å². The first-order valence-electron chi connectivity index (χ1n) is 6.76. The smallest absolute Gasteiger partial charge is 0.240 e. The number of nitrogens with one attached hydrogen (secondary N) is 1. The molecular weight excluding hydrogens is 286 g/mol. The molecule has 0 aromatic heterocycles. The number of hydrogen-bond acceptors (Lipinski definition) is 3. The summed E-state index contributed by atoms with van der Waals surface area (Å²) in [7, 11) is -3.52. The van der Waals surface area contributed by atoms with Gasteiger partial charge in [0.15, 0.2) is 0 Å². The van der Waals surface area contributed by atoms with E-state index in [0.717, 1.165) is 16.7 Å². The van der Waals surface area contributed by atoms with Crippen LogP contribution in [-0.2, 0) is 23.0 Å². The Hall–Kier alpha value is -1.69. The molecule has 5 heteroatoms. The predicted octanol–water partition coefficient (Wildman–Crippen LogP) is 2.01. The van der Waals surface area contributed by atoms with Gasteiger partial charge in [-0.1, -0.05) is 42.0 Å². The van der Waals surface area contributed by atoms with Crippen LogP contribution >= 0.6 is 0 Å². The average Bonchev–Trinajstić information content (AvgIpc) is 2.46. The highest BCUT2D eigenvalue weighted by Gasteiger charge is 2.13. The zero-order valence-electron chi connectivity index (χ0n) is 11.9. The highest BCUT2D eigenvalue weighted by atomic mass is 32.2. The topological polar surface area (TPSA) is 66.4 Å². The van der Waals surface area contributed by atoms with Gasteiger partial charge in [0.25, 0.3) is 0 Å². The fourth-order valence-corrected chi connectivity index (χ4v) is 3.07. The van der Waals surface area contributed by atoms with Gasteiger partial charge in [-0.25, -0.2) is 13.1 Å². The molecule has 0 amide bonds. The molecule has 0 radical (unpaired) electrons. The van der Waals surface area contributed by atoms with Gasteiger partial charge in [-0.05, 0) is 36.6 Å². The van der Waals surface area contributed by atoms with Gasteiger partial charge in [-0.15, -0.1) is 0 Å². The molecule has 0 saturated carbocycles. The van der Waals surface area contributed by atoms with Crippen LogP contribution in [0.25, 0.3) is 0 Å². The van der Waals surface area contributed by atoms with E-state index in [1.807, 2.05) is 31.2 Å². The van der Waals surface area contributed by atoms with Crippen molar-refractivity contribution in [2.75, 3.05) is 6.61 Å². The molecule has 2 rings (SSSR count). The molecule has 0 aliphatic rings. The first-order valence-corrected chi connectivity index (χ1v) is 8.24. The second-order valence-electron chi connectivity index (χ2n) is 4.93. The number of aliphatic hydroxyl groups excluding tert-OH is 1. The van der Waals surface area contributed by atoms with E-state index in [-0.39, 0.29) is 18.0 Å². The van der Waals surface area contributed by atoms with Crippen molar-refractivity contribution in [2.24, 2.45) is 0 Å². The summed E-state index contributed by atoms with van der Waals surface area (Å²) in [6.45, 7) is 2.29.